The Hall–Kier alpha value is -2.34. The average Bonchev–Trinajstić information content (AvgIpc) is 2.92. The van der Waals surface area contributed by atoms with Crippen LogP contribution in [0.15, 0.2) is 24.3 Å². The number of fused-ring (bicyclic) bond motifs is 1. The fourth-order valence-electron chi connectivity index (χ4n) is 3.55. The number of rotatable bonds is 4. The fraction of sp³-hybridized carbons (Fsp3) is 0.400. The van der Waals surface area contributed by atoms with Crippen LogP contribution in [0.3, 0.4) is 0 Å². The van der Waals surface area contributed by atoms with E-state index < -0.39 is 12.0 Å². The molecule has 1 heterocycles. The van der Waals surface area contributed by atoms with Crippen molar-refractivity contribution < 1.29 is 14.7 Å². The first-order valence-electron chi connectivity index (χ1n) is 8.66. The number of carboxylic acid groups (broad SMARTS) is 1. The second-order valence-corrected chi connectivity index (χ2v) is 8.81. The molecule has 0 aliphatic heterocycles. The number of hydrogen-bond donors (Lipinski definition) is 2. The number of aromatic carboxylic acids is 1. The van der Waals surface area contributed by atoms with Gasteiger partial charge in [-0.3, -0.25) is 0 Å². The van der Waals surface area contributed by atoms with E-state index >= 15 is 0 Å². The summed E-state index contributed by atoms with van der Waals surface area (Å²) in [4.78, 5) is 26.9. The second-order valence-electron chi connectivity index (χ2n) is 7.71. The third kappa shape index (κ3) is 3.46. The van der Waals surface area contributed by atoms with Gasteiger partial charge in [-0.05, 0) is 41.4 Å². The molecule has 1 aromatic heterocycles. The molecule has 2 amide bonds. The van der Waals surface area contributed by atoms with Gasteiger partial charge < -0.3 is 15.7 Å². The van der Waals surface area contributed by atoms with Gasteiger partial charge in [-0.2, -0.15) is 0 Å². The highest BCUT2D eigenvalue weighted by molar-refractivity contribution is 7.16. The molecule has 0 saturated carbocycles. The minimum absolute atomic E-state index is 0.112. The van der Waals surface area contributed by atoms with E-state index in [-0.39, 0.29) is 5.41 Å². The van der Waals surface area contributed by atoms with Gasteiger partial charge in [-0.1, -0.05) is 38.1 Å². The maximum atomic E-state index is 12.1. The SMILES string of the molecule is CN(Cc1ccccc1-c1sc2c(c1C(=O)O)CC(C)(C)CC2)C(N)=O. The van der Waals surface area contributed by atoms with Gasteiger partial charge in [0, 0.05) is 23.3 Å². The van der Waals surface area contributed by atoms with Crippen molar-refractivity contribution in [3.63, 3.8) is 0 Å². The van der Waals surface area contributed by atoms with Crippen molar-refractivity contribution in [3.8, 4) is 10.4 Å². The molecule has 6 heteroatoms. The van der Waals surface area contributed by atoms with E-state index in [1.54, 1.807) is 18.4 Å². The molecule has 0 unspecified atom stereocenters. The van der Waals surface area contributed by atoms with Crippen molar-refractivity contribution >= 4 is 23.3 Å². The van der Waals surface area contributed by atoms with E-state index in [0.717, 1.165) is 40.8 Å². The highest BCUT2D eigenvalue weighted by atomic mass is 32.1. The van der Waals surface area contributed by atoms with Gasteiger partial charge >= 0.3 is 12.0 Å². The van der Waals surface area contributed by atoms with Gasteiger partial charge in [0.05, 0.1) is 5.56 Å². The van der Waals surface area contributed by atoms with Crippen LogP contribution in [0.25, 0.3) is 10.4 Å². The Morgan fingerprint density at radius 2 is 2.00 bits per heavy atom. The molecule has 0 radical (unpaired) electrons. The monoisotopic (exact) mass is 372 g/mol. The summed E-state index contributed by atoms with van der Waals surface area (Å²) in [5.41, 5.74) is 8.64. The summed E-state index contributed by atoms with van der Waals surface area (Å²) in [7, 11) is 1.64. The average molecular weight is 372 g/mol. The summed E-state index contributed by atoms with van der Waals surface area (Å²) in [5.74, 6) is -0.881. The molecule has 3 N–H and O–H groups in total. The van der Waals surface area contributed by atoms with Crippen LogP contribution in [0.5, 0.6) is 0 Å². The predicted octanol–water partition coefficient (Wildman–Crippen LogP) is 4.14. The van der Waals surface area contributed by atoms with E-state index in [1.165, 1.54) is 9.78 Å². The van der Waals surface area contributed by atoms with Crippen LogP contribution in [0, 0.1) is 5.41 Å². The third-order valence-corrected chi connectivity index (χ3v) is 6.36. The van der Waals surface area contributed by atoms with Crippen LogP contribution in [0.1, 0.15) is 46.6 Å². The number of urea groups is 1. The number of hydrogen-bond acceptors (Lipinski definition) is 3. The van der Waals surface area contributed by atoms with Crippen LogP contribution < -0.4 is 5.73 Å². The number of amides is 2. The molecule has 138 valence electrons. The summed E-state index contributed by atoms with van der Waals surface area (Å²) in [5, 5.41) is 9.93. The topological polar surface area (TPSA) is 83.6 Å². The van der Waals surface area contributed by atoms with Gasteiger partial charge in [0.15, 0.2) is 0 Å². The number of aryl methyl sites for hydroxylation is 1. The zero-order chi connectivity index (χ0) is 19.1. The Bertz CT molecular complexity index is 870. The molecule has 1 aliphatic rings. The van der Waals surface area contributed by atoms with E-state index in [4.69, 9.17) is 5.73 Å². The van der Waals surface area contributed by atoms with Gasteiger partial charge in [0.25, 0.3) is 0 Å². The van der Waals surface area contributed by atoms with Crippen molar-refractivity contribution in [2.24, 2.45) is 11.1 Å². The Morgan fingerprint density at radius 3 is 2.65 bits per heavy atom. The molecule has 0 saturated heterocycles. The van der Waals surface area contributed by atoms with E-state index in [0.29, 0.717) is 12.1 Å². The lowest BCUT2D eigenvalue weighted by Crippen LogP contribution is -2.31. The number of nitrogens with zero attached hydrogens (tertiary/aromatic N) is 1. The Kier molecular flexibility index (Phi) is 4.80. The standard InChI is InChI=1S/C20H24N2O3S/c1-20(2)9-8-15-14(10-20)16(18(23)24)17(26-15)13-7-5-4-6-12(13)11-22(3)19(21)25/h4-7H,8-11H2,1-3H3,(H2,21,25)(H,23,24). The predicted molar refractivity (Wildman–Crippen MR) is 104 cm³/mol. The molecule has 2 aromatic rings. The summed E-state index contributed by atoms with van der Waals surface area (Å²) in [6, 6.07) is 7.13. The number of thiophene rings is 1. The highest BCUT2D eigenvalue weighted by Crippen LogP contribution is 2.45. The molecule has 0 spiro atoms. The summed E-state index contributed by atoms with van der Waals surface area (Å²) >= 11 is 1.58. The lowest BCUT2D eigenvalue weighted by molar-refractivity contribution is 0.0696. The number of carbonyl (C=O) groups is 2. The first kappa shape index (κ1) is 18.5. The number of nitrogens with two attached hydrogens (primary N) is 1. The van der Waals surface area contributed by atoms with Gasteiger partial charge in [-0.15, -0.1) is 11.3 Å². The smallest absolute Gasteiger partial charge is 0.337 e. The minimum atomic E-state index is -0.881. The zero-order valence-electron chi connectivity index (χ0n) is 15.3. The van der Waals surface area contributed by atoms with Crippen LogP contribution >= 0.6 is 11.3 Å². The Balaban J connectivity index is 2.13. The van der Waals surface area contributed by atoms with Crippen LogP contribution in [-0.4, -0.2) is 29.1 Å². The van der Waals surface area contributed by atoms with Crippen molar-refractivity contribution in [1.82, 2.24) is 4.90 Å². The van der Waals surface area contributed by atoms with Gasteiger partial charge in [0.2, 0.25) is 0 Å². The van der Waals surface area contributed by atoms with Crippen molar-refractivity contribution in [3.05, 3.63) is 45.8 Å². The Labute approximate surface area is 157 Å². The number of carbonyl (C=O) groups excluding carboxylic acids is 1. The zero-order valence-corrected chi connectivity index (χ0v) is 16.2. The van der Waals surface area contributed by atoms with Gasteiger partial charge in [-0.25, -0.2) is 9.59 Å². The van der Waals surface area contributed by atoms with Crippen LogP contribution in [0.4, 0.5) is 4.79 Å². The van der Waals surface area contributed by atoms with Crippen LogP contribution in [-0.2, 0) is 19.4 Å². The second kappa shape index (κ2) is 6.76. The van der Waals surface area contributed by atoms with Crippen molar-refractivity contribution in [1.29, 1.82) is 0 Å². The van der Waals surface area contributed by atoms with Gasteiger partial charge in [0.1, 0.15) is 0 Å². The molecule has 26 heavy (non-hydrogen) atoms. The van der Waals surface area contributed by atoms with E-state index in [1.807, 2.05) is 24.3 Å². The van der Waals surface area contributed by atoms with Crippen molar-refractivity contribution in [2.75, 3.05) is 7.05 Å². The summed E-state index contributed by atoms with van der Waals surface area (Å²) in [6.45, 7) is 4.72. The highest BCUT2D eigenvalue weighted by Gasteiger charge is 2.33. The molecule has 0 fully saturated rings. The summed E-state index contributed by atoms with van der Waals surface area (Å²) < 4.78 is 0. The maximum Gasteiger partial charge on any atom is 0.337 e. The molecular formula is C20H24N2O3S. The fourth-order valence-corrected chi connectivity index (χ4v) is 4.92. The lowest BCUT2D eigenvalue weighted by atomic mass is 9.76. The quantitative estimate of drug-likeness (QED) is 0.846. The summed E-state index contributed by atoms with van der Waals surface area (Å²) in [6.07, 6.45) is 2.76. The number of carboxylic acids is 1. The lowest BCUT2D eigenvalue weighted by Gasteiger charge is -2.29. The largest absolute Gasteiger partial charge is 0.478 e. The minimum Gasteiger partial charge on any atom is -0.478 e. The van der Waals surface area contributed by atoms with E-state index in [2.05, 4.69) is 13.8 Å². The normalized spacial score (nSPS) is 15.3. The first-order valence-corrected chi connectivity index (χ1v) is 9.48. The van der Waals surface area contributed by atoms with Crippen molar-refractivity contribution in [2.45, 2.75) is 39.7 Å². The molecular weight excluding hydrogens is 348 g/mol. The molecule has 0 atom stereocenters. The molecule has 0 bridgehead atoms. The Morgan fingerprint density at radius 1 is 1.31 bits per heavy atom. The molecule has 3 rings (SSSR count). The number of benzene rings is 1. The number of primary amides is 1. The van der Waals surface area contributed by atoms with E-state index in [9.17, 15) is 14.7 Å². The molecule has 1 aliphatic carbocycles. The first-order chi connectivity index (χ1) is 12.2. The molecule has 5 nitrogen and oxygen atoms in total. The van der Waals surface area contributed by atoms with Crippen LogP contribution in [0.2, 0.25) is 0 Å². The third-order valence-electron chi connectivity index (χ3n) is 5.03. The molecule has 1 aromatic carbocycles. The maximum absolute atomic E-state index is 12.1.